The quantitative estimate of drug-likeness (QED) is 0.940. The van der Waals surface area contributed by atoms with Gasteiger partial charge in [-0.3, -0.25) is 0 Å². The van der Waals surface area contributed by atoms with E-state index in [4.69, 9.17) is 9.47 Å². The summed E-state index contributed by atoms with van der Waals surface area (Å²) in [7, 11) is 1.66. The molecule has 0 amide bonds. The van der Waals surface area contributed by atoms with Crippen LogP contribution in [0.5, 0.6) is 17.4 Å². The van der Waals surface area contributed by atoms with Crippen molar-refractivity contribution in [1.29, 1.82) is 0 Å². The third-order valence-electron chi connectivity index (χ3n) is 3.20. The van der Waals surface area contributed by atoms with Crippen LogP contribution < -0.4 is 14.8 Å². The van der Waals surface area contributed by atoms with Gasteiger partial charge in [-0.15, -0.1) is 0 Å². The highest BCUT2D eigenvalue weighted by atomic mass is 19.1. The Morgan fingerprint density at radius 1 is 1.38 bits per heavy atom. The highest BCUT2D eigenvalue weighted by Crippen LogP contribution is 2.43. The summed E-state index contributed by atoms with van der Waals surface area (Å²) in [6.07, 6.45) is 1.86. The van der Waals surface area contributed by atoms with Crippen molar-refractivity contribution in [3.05, 3.63) is 35.8 Å². The second kappa shape index (κ2) is 4.87. The van der Waals surface area contributed by atoms with Crippen LogP contribution in [0.4, 0.5) is 10.3 Å². The van der Waals surface area contributed by atoms with Gasteiger partial charge in [-0.1, -0.05) is 12.1 Å². The van der Waals surface area contributed by atoms with Gasteiger partial charge in [0.25, 0.3) is 5.88 Å². The molecule has 0 spiro atoms. The van der Waals surface area contributed by atoms with Crippen LogP contribution in [0.15, 0.2) is 24.4 Å². The largest absolute Gasteiger partial charge is 0.483 e. The summed E-state index contributed by atoms with van der Waals surface area (Å²) in [6, 6.07) is 5.57. The SMILES string of the molecule is CNc1ncc(F)c(Oc2cccc3c2OC(C)(C)C3)n1. The molecule has 21 heavy (non-hydrogen) atoms. The molecular formula is C15H16FN3O2. The zero-order valence-electron chi connectivity index (χ0n) is 12.1. The highest BCUT2D eigenvalue weighted by Gasteiger charge is 2.32. The van der Waals surface area contributed by atoms with Crippen molar-refractivity contribution in [2.24, 2.45) is 0 Å². The number of rotatable bonds is 3. The molecule has 110 valence electrons. The molecule has 1 aliphatic heterocycles. The Morgan fingerprint density at radius 2 is 2.19 bits per heavy atom. The molecule has 0 saturated heterocycles. The van der Waals surface area contributed by atoms with E-state index in [-0.39, 0.29) is 11.5 Å². The minimum Gasteiger partial charge on any atom is -0.483 e. The molecule has 1 aliphatic rings. The molecule has 6 heteroatoms. The predicted molar refractivity (Wildman–Crippen MR) is 76.5 cm³/mol. The topological polar surface area (TPSA) is 56.3 Å². The normalized spacial score (nSPS) is 15.2. The highest BCUT2D eigenvalue weighted by molar-refractivity contribution is 5.51. The molecule has 0 unspecified atom stereocenters. The van der Waals surface area contributed by atoms with Crippen LogP contribution in [0.25, 0.3) is 0 Å². The smallest absolute Gasteiger partial charge is 0.261 e. The van der Waals surface area contributed by atoms with E-state index in [9.17, 15) is 4.39 Å². The van der Waals surface area contributed by atoms with Gasteiger partial charge in [-0.2, -0.15) is 9.37 Å². The van der Waals surface area contributed by atoms with Crippen molar-refractivity contribution in [3.63, 3.8) is 0 Å². The van der Waals surface area contributed by atoms with Gasteiger partial charge in [-0.05, 0) is 19.9 Å². The first-order valence-corrected chi connectivity index (χ1v) is 6.67. The molecule has 2 aromatic rings. The molecule has 0 bridgehead atoms. The van der Waals surface area contributed by atoms with Crippen LogP contribution in [-0.2, 0) is 6.42 Å². The Morgan fingerprint density at radius 3 is 2.95 bits per heavy atom. The lowest BCUT2D eigenvalue weighted by Crippen LogP contribution is -2.24. The maximum atomic E-state index is 13.8. The van der Waals surface area contributed by atoms with Gasteiger partial charge in [0, 0.05) is 19.0 Å². The zero-order chi connectivity index (χ0) is 15.0. The number of aromatic nitrogens is 2. The summed E-state index contributed by atoms with van der Waals surface area (Å²) in [5.41, 5.74) is 0.753. The molecule has 0 aliphatic carbocycles. The van der Waals surface area contributed by atoms with Crippen molar-refractivity contribution < 1.29 is 13.9 Å². The second-order valence-corrected chi connectivity index (χ2v) is 5.48. The standard InChI is InChI=1S/C15H16FN3O2/c1-15(2)7-9-5-4-6-11(12(9)21-15)20-13-10(16)8-18-14(17-3)19-13/h4-6,8H,7H2,1-3H3,(H,17,18,19). The summed E-state index contributed by atoms with van der Waals surface area (Å²) >= 11 is 0. The first-order valence-electron chi connectivity index (χ1n) is 6.67. The molecule has 0 fully saturated rings. The number of para-hydroxylation sites is 1. The van der Waals surface area contributed by atoms with Crippen molar-refractivity contribution in [2.75, 3.05) is 12.4 Å². The molecular weight excluding hydrogens is 273 g/mol. The van der Waals surface area contributed by atoms with Gasteiger partial charge in [0.1, 0.15) is 5.60 Å². The third kappa shape index (κ3) is 2.61. The average molecular weight is 289 g/mol. The van der Waals surface area contributed by atoms with Crippen LogP contribution in [-0.4, -0.2) is 22.6 Å². The summed E-state index contributed by atoms with van der Waals surface area (Å²) in [4.78, 5) is 7.76. The Labute approximate surface area is 122 Å². The van der Waals surface area contributed by atoms with E-state index in [1.807, 2.05) is 26.0 Å². The van der Waals surface area contributed by atoms with Gasteiger partial charge < -0.3 is 14.8 Å². The lowest BCUT2D eigenvalue weighted by Gasteiger charge is -2.18. The van der Waals surface area contributed by atoms with Gasteiger partial charge in [0.05, 0.1) is 6.20 Å². The molecule has 2 heterocycles. The van der Waals surface area contributed by atoms with Crippen LogP contribution in [0.2, 0.25) is 0 Å². The molecule has 5 nitrogen and oxygen atoms in total. The van der Waals surface area contributed by atoms with Gasteiger partial charge in [0.15, 0.2) is 11.5 Å². The first kappa shape index (κ1) is 13.6. The summed E-state index contributed by atoms with van der Waals surface area (Å²) in [5.74, 6) is 0.643. The molecule has 0 atom stereocenters. The van der Waals surface area contributed by atoms with E-state index in [0.29, 0.717) is 17.4 Å². The number of fused-ring (bicyclic) bond motifs is 1. The fourth-order valence-corrected chi connectivity index (χ4v) is 2.32. The van der Waals surface area contributed by atoms with E-state index >= 15 is 0 Å². The first-order chi connectivity index (χ1) is 9.98. The van der Waals surface area contributed by atoms with Crippen molar-refractivity contribution in [3.8, 4) is 17.4 Å². The Kier molecular flexibility index (Phi) is 3.16. The number of benzene rings is 1. The molecule has 0 radical (unpaired) electrons. The number of hydrogen-bond acceptors (Lipinski definition) is 5. The zero-order valence-corrected chi connectivity index (χ0v) is 12.1. The lowest BCUT2D eigenvalue weighted by molar-refractivity contribution is 0.134. The van der Waals surface area contributed by atoms with E-state index in [1.165, 1.54) is 0 Å². The summed E-state index contributed by atoms with van der Waals surface area (Å²) in [5, 5.41) is 2.75. The molecule has 3 rings (SSSR count). The van der Waals surface area contributed by atoms with Crippen LogP contribution >= 0.6 is 0 Å². The van der Waals surface area contributed by atoms with Gasteiger partial charge in [-0.25, -0.2) is 4.98 Å². The van der Waals surface area contributed by atoms with E-state index in [0.717, 1.165) is 18.2 Å². The van der Waals surface area contributed by atoms with E-state index in [2.05, 4.69) is 15.3 Å². The van der Waals surface area contributed by atoms with Crippen molar-refractivity contribution in [2.45, 2.75) is 25.9 Å². The van der Waals surface area contributed by atoms with E-state index in [1.54, 1.807) is 13.1 Å². The predicted octanol–water partition coefficient (Wildman–Crippen LogP) is 3.16. The maximum Gasteiger partial charge on any atom is 0.261 e. The molecule has 0 saturated carbocycles. The molecule has 1 N–H and O–H groups in total. The minimum absolute atomic E-state index is 0.129. The summed E-state index contributed by atoms with van der Waals surface area (Å²) in [6.45, 7) is 4.00. The number of anilines is 1. The van der Waals surface area contributed by atoms with Crippen molar-refractivity contribution >= 4 is 5.95 Å². The van der Waals surface area contributed by atoms with Gasteiger partial charge >= 0.3 is 0 Å². The number of hydrogen-bond donors (Lipinski definition) is 1. The second-order valence-electron chi connectivity index (χ2n) is 5.48. The number of halogens is 1. The Hall–Kier alpha value is -2.37. The van der Waals surface area contributed by atoms with Gasteiger partial charge in [0.2, 0.25) is 11.8 Å². The third-order valence-corrected chi connectivity index (χ3v) is 3.20. The minimum atomic E-state index is -0.621. The lowest BCUT2D eigenvalue weighted by atomic mass is 10.0. The number of nitrogens with one attached hydrogen (secondary N) is 1. The fourth-order valence-electron chi connectivity index (χ4n) is 2.32. The van der Waals surface area contributed by atoms with Crippen LogP contribution in [0, 0.1) is 5.82 Å². The van der Waals surface area contributed by atoms with Crippen LogP contribution in [0.1, 0.15) is 19.4 Å². The van der Waals surface area contributed by atoms with Crippen LogP contribution in [0.3, 0.4) is 0 Å². The Bertz CT molecular complexity index is 689. The monoisotopic (exact) mass is 289 g/mol. The fraction of sp³-hybridized carbons (Fsp3) is 0.333. The number of nitrogens with zero attached hydrogens (tertiary/aromatic N) is 2. The van der Waals surface area contributed by atoms with E-state index < -0.39 is 5.82 Å². The molecule has 1 aromatic carbocycles. The number of ether oxygens (including phenoxy) is 2. The average Bonchev–Trinajstić information content (AvgIpc) is 2.76. The van der Waals surface area contributed by atoms with Crippen molar-refractivity contribution in [1.82, 2.24) is 9.97 Å². The Balaban J connectivity index is 1.96. The summed E-state index contributed by atoms with van der Waals surface area (Å²) < 4.78 is 25.3. The molecule has 1 aromatic heterocycles. The maximum absolute atomic E-state index is 13.8.